The third-order valence-corrected chi connectivity index (χ3v) is 2.84. The van der Waals surface area contributed by atoms with Gasteiger partial charge in [-0.3, -0.25) is 4.79 Å². The van der Waals surface area contributed by atoms with Crippen molar-refractivity contribution in [1.82, 2.24) is 0 Å². The van der Waals surface area contributed by atoms with Gasteiger partial charge in [-0.15, -0.1) is 0 Å². The third-order valence-electron chi connectivity index (χ3n) is 2.84. The summed E-state index contributed by atoms with van der Waals surface area (Å²) in [4.78, 5) is 11.4. The van der Waals surface area contributed by atoms with E-state index in [0.29, 0.717) is 12.2 Å². The zero-order valence-electron chi connectivity index (χ0n) is 10.9. The summed E-state index contributed by atoms with van der Waals surface area (Å²) in [5, 5.41) is 0. The highest BCUT2D eigenvalue weighted by atomic mass is 19.1. The molecule has 0 aliphatic carbocycles. The molecule has 0 saturated heterocycles. The van der Waals surface area contributed by atoms with Crippen LogP contribution in [0.5, 0.6) is 5.75 Å². The predicted octanol–water partition coefficient (Wildman–Crippen LogP) is 3.92. The number of Topliss-reactive ketones (excluding diaryl/α,β-unsaturated/α-hetero) is 1. The van der Waals surface area contributed by atoms with Crippen molar-refractivity contribution in [3.63, 3.8) is 0 Å². The summed E-state index contributed by atoms with van der Waals surface area (Å²) in [6, 6.07) is 11.8. The summed E-state index contributed by atoms with van der Waals surface area (Å²) in [5.74, 6) is -0.268. The van der Waals surface area contributed by atoms with Crippen molar-refractivity contribution in [2.45, 2.75) is 20.5 Å². The number of hydrogen-bond acceptors (Lipinski definition) is 2. The zero-order chi connectivity index (χ0) is 13.8. The van der Waals surface area contributed by atoms with Crippen molar-refractivity contribution in [2.24, 2.45) is 0 Å². The minimum absolute atomic E-state index is 0.140. The van der Waals surface area contributed by atoms with Gasteiger partial charge in [-0.25, -0.2) is 4.39 Å². The van der Waals surface area contributed by atoms with Crippen molar-refractivity contribution in [2.75, 3.05) is 0 Å². The SMILES string of the molecule is CC(=O)c1ccc(F)cc1OCc1ccc(C)cc1. The van der Waals surface area contributed by atoms with Crippen molar-refractivity contribution >= 4 is 5.78 Å². The molecule has 0 N–H and O–H groups in total. The topological polar surface area (TPSA) is 26.3 Å². The molecule has 0 aromatic heterocycles. The summed E-state index contributed by atoms with van der Waals surface area (Å²) in [6.07, 6.45) is 0. The Hall–Kier alpha value is -2.16. The lowest BCUT2D eigenvalue weighted by Crippen LogP contribution is -2.02. The van der Waals surface area contributed by atoms with Gasteiger partial charge in [-0.05, 0) is 31.5 Å². The van der Waals surface area contributed by atoms with Crippen LogP contribution in [-0.4, -0.2) is 5.78 Å². The summed E-state index contributed by atoms with van der Waals surface area (Å²) in [5.41, 5.74) is 2.54. The minimum Gasteiger partial charge on any atom is -0.488 e. The Bertz CT molecular complexity index is 588. The fourth-order valence-electron chi connectivity index (χ4n) is 1.75. The molecule has 2 nitrogen and oxygen atoms in total. The first-order valence-electron chi connectivity index (χ1n) is 6.05. The summed E-state index contributed by atoms with van der Waals surface area (Å²) in [6.45, 7) is 3.75. The lowest BCUT2D eigenvalue weighted by atomic mass is 10.1. The van der Waals surface area contributed by atoms with E-state index in [4.69, 9.17) is 4.74 Å². The molecule has 19 heavy (non-hydrogen) atoms. The molecule has 0 atom stereocenters. The first kappa shape index (κ1) is 13.3. The molecule has 0 radical (unpaired) electrons. The van der Waals surface area contributed by atoms with Gasteiger partial charge in [-0.1, -0.05) is 29.8 Å². The van der Waals surface area contributed by atoms with Crippen LogP contribution in [0, 0.1) is 12.7 Å². The summed E-state index contributed by atoms with van der Waals surface area (Å²) < 4.78 is 18.7. The van der Waals surface area contributed by atoms with E-state index in [-0.39, 0.29) is 11.5 Å². The summed E-state index contributed by atoms with van der Waals surface area (Å²) in [7, 11) is 0. The Balaban J connectivity index is 2.16. The van der Waals surface area contributed by atoms with E-state index < -0.39 is 5.82 Å². The van der Waals surface area contributed by atoms with Crippen LogP contribution in [-0.2, 0) is 6.61 Å². The van der Waals surface area contributed by atoms with Gasteiger partial charge >= 0.3 is 0 Å². The third kappa shape index (κ3) is 3.41. The molecular weight excluding hydrogens is 243 g/mol. The first-order chi connectivity index (χ1) is 9.06. The second kappa shape index (κ2) is 5.65. The highest BCUT2D eigenvalue weighted by Gasteiger charge is 2.09. The molecule has 0 heterocycles. The first-order valence-corrected chi connectivity index (χ1v) is 6.05. The molecule has 0 aliphatic heterocycles. The zero-order valence-corrected chi connectivity index (χ0v) is 10.9. The van der Waals surface area contributed by atoms with Gasteiger partial charge in [0.05, 0.1) is 5.56 Å². The minimum atomic E-state index is -0.413. The number of ketones is 1. The van der Waals surface area contributed by atoms with Crippen molar-refractivity contribution < 1.29 is 13.9 Å². The maximum atomic E-state index is 13.2. The molecule has 0 bridgehead atoms. The fourth-order valence-corrected chi connectivity index (χ4v) is 1.75. The largest absolute Gasteiger partial charge is 0.488 e. The number of hydrogen-bond donors (Lipinski definition) is 0. The van der Waals surface area contributed by atoms with Gasteiger partial charge in [0.2, 0.25) is 0 Å². The Labute approximate surface area is 111 Å². The average Bonchev–Trinajstić information content (AvgIpc) is 2.38. The van der Waals surface area contributed by atoms with Gasteiger partial charge in [0.1, 0.15) is 18.2 Å². The highest BCUT2D eigenvalue weighted by molar-refractivity contribution is 5.96. The van der Waals surface area contributed by atoms with Crippen molar-refractivity contribution in [3.05, 3.63) is 65.0 Å². The number of carbonyl (C=O) groups is 1. The Kier molecular flexibility index (Phi) is 3.95. The number of ether oxygens (including phenoxy) is 1. The lowest BCUT2D eigenvalue weighted by Gasteiger charge is -2.10. The number of halogens is 1. The molecule has 0 fully saturated rings. The van der Waals surface area contributed by atoms with Gasteiger partial charge in [0, 0.05) is 6.07 Å². The molecule has 0 spiro atoms. The second-order valence-corrected chi connectivity index (χ2v) is 4.47. The molecule has 2 aromatic rings. The molecular formula is C16H15FO2. The monoisotopic (exact) mass is 258 g/mol. The standard InChI is InChI=1S/C16H15FO2/c1-11-3-5-13(6-4-11)10-19-16-9-14(17)7-8-15(16)12(2)18/h3-9H,10H2,1-2H3. The van der Waals surface area contributed by atoms with Crippen LogP contribution >= 0.6 is 0 Å². The van der Waals surface area contributed by atoms with Crippen LogP contribution in [0.25, 0.3) is 0 Å². The van der Waals surface area contributed by atoms with E-state index in [2.05, 4.69) is 0 Å². The molecule has 98 valence electrons. The normalized spacial score (nSPS) is 10.3. The van der Waals surface area contributed by atoms with Crippen LogP contribution in [0.3, 0.4) is 0 Å². The van der Waals surface area contributed by atoms with E-state index in [1.807, 2.05) is 31.2 Å². The van der Waals surface area contributed by atoms with Crippen LogP contribution in [0.1, 0.15) is 28.4 Å². The van der Waals surface area contributed by atoms with Crippen LogP contribution in [0.2, 0.25) is 0 Å². The highest BCUT2D eigenvalue weighted by Crippen LogP contribution is 2.21. The number of benzene rings is 2. The molecule has 0 aliphatic rings. The van der Waals surface area contributed by atoms with Gasteiger partial charge in [0.25, 0.3) is 0 Å². The van der Waals surface area contributed by atoms with Crippen molar-refractivity contribution in [3.8, 4) is 5.75 Å². The van der Waals surface area contributed by atoms with E-state index in [1.54, 1.807) is 0 Å². The van der Waals surface area contributed by atoms with Crippen LogP contribution in [0.15, 0.2) is 42.5 Å². The second-order valence-electron chi connectivity index (χ2n) is 4.47. The molecule has 2 rings (SSSR count). The Morgan fingerprint density at radius 3 is 2.47 bits per heavy atom. The Morgan fingerprint density at radius 1 is 1.16 bits per heavy atom. The quantitative estimate of drug-likeness (QED) is 0.777. The predicted molar refractivity (Wildman–Crippen MR) is 71.9 cm³/mol. The molecule has 2 aromatic carbocycles. The smallest absolute Gasteiger partial charge is 0.163 e. The van der Waals surface area contributed by atoms with E-state index in [0.717, 1.165) is 5.56 Å². The number of rotatable bonds is 4. The van der Waals surface area contributed by atoms with Gasteiger partial charge in [-0.2, -0.15) is 0 Å². The lowest BCUT2D eigenvalue weighted by molar-refractivity contribution is 0.101. The summed E-state index contributed by atoms with van der Waals surface area (Å²) >= 11 is 0. The van der Waals surface area contributed by atoms with Gasteiger partial charge in [0.15, 0.2) is 5.78 Å². The molecule has 0 unspecified atom stereocenters. The number of aryl methyl sites for hydroxylation is 1. The van der Waals surface area contributed by atoms with E-state index >= 15 is 0 Å². The molecule has 0 saturated carbocycles. The molecule has 3 heteroatoms. The van der Waals surface area contributed by atoms with Crippen LogP contribution in [0.4, 0.5) is 4.39 Å². The van der Waals surface area contributed by atoms with Crippen molar-refractivity contribution in [1.29, 1.82) is 0 Å². The van der Waals surface area contributed by atoms with E-state index in [9.17, 15) is 9.18 Å². The maximum absolute atomic E-state index is 13.2. The Morgan fingerprint density at radius 2 is 1.84 bits per heavy atom. The fraction of sp³-hybridized carbons (Fsp3) is 0.188. The molecule has 0 amide bonds. The van der Waals surface area contributed by atoms with E-state index in [1.165, 1.54) is 30.7 Å². The average molecular weight is 258 g/mol. The van der Waals surface area contributed by atoms with Crippen LogP contribution < -0.4 is 4.74 Å². The number of carbonyl (C=O) groups excluding carboxylic acids is 1. The maximum Gasteiger partial charge on any atom is 0.163 e. The van der Waals surface area contributed by atoms with Gasteiger partial charge < -0.3 is 4.74 Å².